The number of anilines is 1. The lowest BCUT2D eigenvalue weighted by Crippen LogP contribution is -2.20. The minimum absolute atomic E-state index is 0.0668. The number of nitrogens with zero attached hydrogens (tertiary/aromatic N) is 2. The molecule has 0 atom stereocenters. The second-order valence-electron chi connectivity index (χ2n) is 6.35. The Morgan fingerprint density at radius 2 is 1.88 bits per heavy atom. The fraction of sp³-hybridized carbons (Fsp3) is 0.412. The van der Waals surface area contributed by atoms with Crippen molar-refractivity contribution in [3.05, 3.63) is 29.8 Å². The van der Waals surface area contributed by atoms with E-state index in [1.807, 2.05) is 24.3 Å². The number of hydrogen-bond donors (Lipinski definition) is 1. The molecule has 1 aromatic heterocycles. The van der Waals surface area contributed by atoms with E-state index in [0.717, 1.165) is 0 Å². The summed E-state index contributed by atoms with van der Waals surface area (Å²) in [4.78, 5) is 23.0. The van der Waals surface area contributed by atoms with E-state index in [1.54, 1.807) is 0 Å². The van der Waals surface area contributed by atoms with Gasteiger partial charge in [-0.3, -0.25) is 14.9 Å². The van der Waals surface area contributed by atoms with Crippen LogP contribution in [0.1, 0.15) is 26.3 Å². The van der Waals surface area contributed by atoms with E-state index < -0.39 is 0 Å². The average Bonchev–Trinajstić information content (AvgIpc) is 3.04. The van der Waals surface area contributed by atoms with Crippen LogP contribution in [0.5, 0.6) is 5.75 Å². The zero-order chi connectivity index (χ0) is 19.2. The van der Waals surface area contributed by atoms with Crippen molar-refractivity contribution in [1.29, 1.82) is 0 Å². The second-order valence-corrected chi connectivity index (χ2v) is 8.55. The Hall–Kier alpha value is -2.13. The Kier molecular flexibility index (Phi) is 6.98. The Morgan fingerprint density at radius 3 is 2.50 bits per heavy atom. The standard InChI is InChI=1S/C17H21N3O4S2/c1-17(2,3)11-5-7-12(8-6-11)24-9-13(21)18-15-19-20-16(26-15)25-10-14(22)23-4/h5-8H,9-10H2,1-4H3,(H,18,19,21). The number of hydrogen-bond acceptors (Lipinski definition) is 8. The lowest BCUT2D eigenvalue weighted by atomic mass is 9.87. The van der Waals surface area contributed by atoms with Crippen molar-refractivity contribution in [3.63, 3.8) is 0 Å². The quantitative estimate of drug-likeness (QED) is 0.437. The number of nitrogens with one attached hydrogen (secondary N) is 1. The van der Waals surface area contributed by atoms with Gasteiger partial charge in [0, 0.05) is 0 Å². The van der Waals surface area contributed by atoms with Crippen LogP contribution in [-0.2, 0) is 19.7 Å². The lowest BCUT2D eigenvalue weighted by molar-refractivity contribution is -0.137. The lowest BCUT2D eigenvalue weighted by Gasteiger charge is -2.19. The fourth-order valence-corrected chi connectivity index (χ4v) is 3.45. The molecule has 0 aliphatic heterocycles. The number of rotatable bonds is 7. The predicted octanol–water partition coefficient (Wildman–Crippen LogP) is 3.12. The molecule has 7 nitrogen and oxygen atoms in total. The minimum Gasteiger partial charge on any atom is -0.484 e. The normalized spacial score (nSPS) is 11.1. The second kappa shape index (κ2) is 9.00. The molecule has 140 valence electrons. The van der Waals surface area contributed by atoms with Crippen LogP contribution in [0.4, 0.5) is 5.13 Å². The van der Waals surface area contributed by atoms with Crippen molar-refractivity contribution in [2.75, 3.05) is 24.8 Å². The van der Waals surface area contributed by atoms with Gasteiger partial charge in [-0.15, -0.1) is 10.2 Å². The van der Waals surface area contributed by atoms with Gasteiger partial charge in [0.2, 0.25) is 5.13 Å². The van der Waals surface area contributed by atoms with E-state index in [-0.39, 0.29) is 29.7 Å². The molecular formula is C17H21N3O4S2. The molecule has 0 spiro atoms. The third-order valence-electron chi connectivity index (χ3n) is 3.28. The summed E-state index contributed by atoms with van der Waals surface area (Å²) in [6.45, 7) is 6.28. The summed E-state index contributed by atoms with van der Waals surface area (Å²) in [7, 11) is 1.32. The maximum atomic E-state index is 12.0. The van der Waals surface area contributed by atoms with Crippen LogP contribution in [0.3, 0.4) is 0 Å². The topological polar surface area (TPSA) is 90.4 Å². The maximum absolute atomic E-state index is 12.0. The Balaban J connectivity index is 1.80. The molecule has 0 bridgehead atoms. The Labute approximate surface area is 160 Å². The number of esters is 1. The Bertz CT molecular complexity index is 754. The van der Waals surface area contributed by atoms with Gasteiger partial charge in [0.05, 0.1) is 12.9 Å². The molecule has 0 fully saturated rings. The zero-order valence-corrected chi connectivity index (χ0v) is 16.7. The molecule has 1 aromatic carbocycles. The van der Waals surface area contributed by atoms with Gasteiger partial charge in [0.1, 0.15) is 5.75 Å². The van der Waals surface area contributed by atoms with Crippen molar-refractivity contribution in [2.24, 2.45) is 0 Å². The largest absolute Gasteiger partial charge is 0.484 e. The van der Waals surface area contributed by atoms with Crippen molar-refractivity contribution in [2.45, 2.75) is 30.5 Å². The number of methoxy groups -OCH3 is 1. The molecule has 1 amide bonds. The van der Waals surface area contributed by atoms with Crippen LogP contribution < -0.4 is 10.1 Å². The highest BCUT2D eigenvalue weighted by Crippen LogP contribution is 2.26. The predicted molar refractivity (Wildman–Crippen MR) is 102 cm³/mol. The number of aromatic nitrogens is 2. The van der Waals surface area contributed by atoms with Gasteiger partial charge in [-0.1, -0.05) is 56.0 Å². The SMILES string of the molecule is COC(=O)CSc1nnc(NC(=O)COc2ccc(C(C)(C)C)cc2)s1. The van der Waals surface area contributed by atoms with E-state index in [0.29, 0.717) is 15.2 Å². The Morgan fingerprint density at radius 1 is 1.19 bits per heavy atom. The first-order chi connectivity index (χ1) is 12.3. The molecule has 9 heteroatoms. The van der Waals surface area contributed by atoms with Crippen molar-refractivity contribution < 1.29 is 19.1 Å². The van der Waals surface area contributed by atoms with Crippen LogP contribution in [0.2, 0.25) is 0 Å². The van der Waals surface area contributed by atoms with Gasteiger partial charge in [-0.2, -0.15) is 0 Å². The molecule has 0 saturated heterocycles. The fourth-order valence-electron chi connectivity index (χ4n) is 1.85. The maximum Gasteiger partial charge on any atom is 0.316 e. The van der Waals surface area contributed by atoms with Gasteiger partial charge < -0.3 is 9.47 Å². The van der Waals surface area contributed by atoms with E-state index in [2.05, 4.69) is 41.0 Å². The summed E-state index contributed by atoms with van der Waals surface area (Å²) in [6, 6.07) is 7.67. The summed E-state index contributed by atoms with van der Waals surface area (Å²) in [5.74, 6) is 0.0965. The van der Waals surface area contributed by atoms with Crippen molar-refractivity contribution >= 4 is 40.1 Å². The first-order valence-electron chi connectivity index (χ1n) is 7.84. The summed E-state index contributed by atoms with van der Waals surface area (Å²) < 4.78 is 10.6. The summed E-state index contributed by atoms with van der Waals surface area (Å²) in [5, 5.41) is 10.7. The molecule has 1 heterocycles. The number of ether oxygens (including phenoxy) is 2. The molecule has 2 aromatic rings. The van der Waals surface area contributed by atoms with Crippen molar-refractivity contribution in [1.82, 2.24) is 10.2 Å². The highest BCUT2D eigenvalue weighted by Gasteiger charge is 2.14. The van der Waals surface area contributed by atoms with Crippen molar-refractivity contribution in [3.8, 4) is 5.75 Å². The number of carbonyl (C=O) groups is 2. The first kappa shape index (κ1) is 20.2. The molecule has 0 unspecified atom stereocenters. The monoisotopic (exact) mass is 395 g/mol. The minimum atomic E-state index is -0.346. The summed E-state index contributed by atoms with van der Waals surface area (Å²) >= 11 is 2.39. The third-order valence-corrected chi connectivity index (χ3v) is 5.23. The van der Waals surface area contributed by atoms with E-state index >= 15 is 0 Å². The molecule has 0 radical (unpaired) electrons. The van der Waals surface area contributed by atoms with Gasteiger partial charge in [-0.25, -0.2) is 0 Å². The van der Waals surface area contributed by atoms with E-state index in [9.17, 15) is 9.59 Å². The average molecular weight is 396 g/mol. The molecule has 26 heavy (non-hydrogen) atoms. The van der Waals surface area contributed by atoms with E-state index in [1.165, 1.54) is 35.8 Å². The first-order valence-corrected chi connectivity index (χ1v) is 9.64. The smallest absolute Gasteiger partial charge is 0.316 e. The molecule has 0 aliphatic rings. The van der Waals surface area contributed by atoms with Crippen LogP contribution >= 0.6 is 23.1 Å². The van der Waals surface area contributed by atoms with Crippen LogP contribution in [-0.4, -0.2) is 41.5 Å². The van der Waals surface area contributed by atoms with Gasteiger partial charge in [-0.05, 0) is 23.1 Å². The third kappa shape index (κ3) is 6.30. The summed E-state index contributed by atoms with van der Waals surface area (Å²) in [6.07, 6.45) is 0. The molecule has 2 rings (SSSR count). The van der Waals surface area contributed by atoms with Gasteiger partial charge >= 0.3 is 5.97 Å². The molecular weight excluding hydrogens is 374 g/mol. The molecule has 1 N–H and O–H groups in total. The number of benzene rings is 1. The van der Waals surface area contributed by atoms with Crippen LogP contribution in [0.25, 0.3) is 0 Å². The van der Waals surface area contributed by atoms with Gasteiger partial charge in [0.15, 0.2) is 10.9 Å². The molecule has 0 saturated carbocycles. The highest BCUT2D eigenvalue weighted by molar-refractivity contribution is 8.01. The zero-order valence-electron chi connectivity index (χ0n) is 15.1. The van der Waals surface area contributed by atoms with Crippen LogP contribution in [0, 0.1) is 0 Å². The highest BCUT2D eigenvalue weighted by atomic mass is 32.2. The summed E-state index contributed by atoms with van der Waals surface area (Å²) in [5.41, 5.74) is 1.26. The van der Waals surface area contributed by atoms with Crippen LogP contribution in [0.15, 0.2) is 28.6 Å². The number of thioether (sulfide) groups is 1. The molecule has 0 aliphatic carbocycles. The van der Waals surface area contributed by atoms with E-state index in [4.69, 9.17) is 4.74 Å². The number of carbonyl (C=O) groups excluding carboxylic acids is 2. The number of amides is 1. The van der Waals surface area contributed by atoms with Gasteiger partial charge in [0.25, 0.3) is 5.91 Å².